The lowest BCUT2D eigenvalue weighted by molar-refractivity contribution is -0.123. The quantitative estimate of drug-likeness (QED) is 0.805. The summed E-state index contributed by atoms with van der Waals surface area (Å²) in [6.07, 6.45) is 1.56. The zero-order valence-electron chi connectivity index (χ0n) is 8.77. The number of nitrogens with one attached hydrogen (secondary N) is 1. The van der Waals surface area contributed by atoms with Gasteiger partial charge in [-0.3, -0.25) is 4.79 Å². The Kier molecular flexibility index (Phi) is 3.73. The van der Waals surface area contributed by atoms with Crippen molar-refractivity contribution in [2.45, 2.75) is 20.8 Å². The summed E-state index contributed by atoms with van der Waals surface area (Å²) in [5, 5.41) is 3.13. The second-order valence-electron chi connectivity index (χ2n) is 4.19. The molecule has 1 rings (SSSR count). The molecular weight excluding hydrogens is 279 g/mol. The van der Waals surface area contributed by atoms with Crippen LogP contribution in [0.1, 0.15) is 20.8 Å². The molecule has 0 bridgehead atoms. The zero-order chi connectivity index (χ0) is 11.6. The molecule has 82 valence electrons. The maximum absolute atomic E-state index is 11.7. The summed E-state index contributed by atoms with van der Waals surface area (Å²) in [6.45, 7) is 5.54. The summed E-state index contributed by atoms with van der Waals surface area (Å²) in [6, 6.07) is 1.61. The highest BCUT2D eigenvalue weighted by atomic mass is 79.9. The first-order chi connectivity index (χ1) is 6.80. The van der Waals surface area contributed by atoms with Gasteiger partial charge in [-0.15, -0.1) is 0 Å². The predicted octanol–water partition coefficient (Wildman–Crippen LogP) is 3.48. The van der Waals surface area contributed by atoms with Crippen LogP contribution in [0.25, 0.3) is 0 Å². The normalized spacial score (nSPS) is 11.3. The molecule has 0 saturated carbocycles. The van der Waals surface area contributed by atoms with Crippen LogP contribution in [0.2, 0.25) is 5.15 Å². The number of nitrogens with zero attached hydrogens (tertiary/aromatic N) is 1. The number of carbonyl (C=O) groups excluding carboxylic acids is 1. The fourth-order valence-corrected chi connectivity index (χ4v) is 1.29. The number of hydrogen-bond donors (Lipinski definition) is 1. The summed E-state index contributed by atoms with van der Waals surface area (Å²) in [4.78, 5) is 15.6. The topological polar surface area (TPSA) is 42.0 Å². The Hall–Kier alpha value is -0.610. The van der Waals surface area contributed by atoms with E-state index in [-0.39, 0.29) is 5.91 Å². The minimum Gasteiger partial charge on any atom is -0.324 e. The van der Waals surface area contributed by atoms with E-state index in [0.29, 0.717) is 15.3 Å². The molecule has 0 aromatic carbocycles. The van der Waals surface area contributed by atoms with Gasteiger partial charge in [-0.25, -0.2) is 4.98 Å². The molecule has 0 unspecified atom stereocenters. The van der Waals surface area contributed by atoms with Gasteiger partial charge in [-0.05, 0) is 15.9 Å². The van der Waals surface area contributed by atoms with Crippen LogP contribution in [0.4, 0.5) is 5.69 Å². The first kappa shape index (κ1) is 12.5. The van der Waals surface area contributed by atoms with Gasteiger partial charge in [0.05, 0.1) is 10.2 Å². The number of amides is 1. The molecule has 0 aliphatic rings. The van der Waals surface area contributed by atoms with E-state index in [1.807, 2.05) is 20.8 Å². The number of halogens is 2. The highest BCUT2D eigenvalue weighted by Gasteiger charge is 2.21. The van der Waals surface area contributed by atoms with Crippen LogP contribution in [0.5, 0.6) is 0 Å². The Bertz CT molecular complexity index is 387. The van der Waals surface area contributed by atoms with Crippen molar-refractivity contribution < 1.29 is 4.79 Å². The maximum Gasteiger partial charge on any atom is 0.229 e. The first-order valence-electron chi connectivity index (χ1n) is 4.43. The van der Waals surface area contributed by atoms with E-state index >= 15 is 0 Å². The molecule has 0 fully saturated rings. The van der Waals surface area contributed by atoms with Gasteiger partial charge < -0.3 is 5.32 Å². The van der Waals surface area contributed by atoms with Gasteiger partial charge in [0.25, 0.3) is 0 Å². The molecule has 3 nitrogen and oxygen atoms in total. The van der Waals surface area contributed by atoms with E-state index in [9.17, 15) is 4.79 Å². The molecule has 1 heterocycles. The summed E-state index contributed by atoms with van der Waals surface area (Å²) < 4.78 is 0.713. The van der Waals surface area contributed by atoms with E-state index < -0.39 is 5.41 Å². The van der Waals surface area contributed by atoms with Gasteiger partial charge in [0.1, 0.15) is 5.15 Å². The molecule has 0 aliphatic heterocycles. The highest BCUT2D eigenvalue weighted by Crippen LogP contribution is 2.26. The van der Waals surface area contributed by atoms with Crippen LogP contribution in [-0.4, -0.2) is 10.9 Å². The number of anilines is 1. The third-order valence-electron chi connectivity index (χ3n) is 1.75. The number of rotatable bonds is 1. The Morgan fingerprint density at radius 2 is 2.13 bits per heavy atom. The molecule has 0 saturated heterocycles. The molecule has 0 radical (unpaired) electrons. The van der Waals surface area contributed by atoms with Crippen molar-refractivity contribution in [3.05, 3.63) is 21.9 Å². The number of hydrogen-bond acceptors (Lipinski definition) is 2. The van der Waals surface area contributed by atoms with Crippen molar-refractivity contribution >= 4 is 39.1 Å². The van der Waals surface area contributed by atoms with Gasteiger partial charge in [0.15, 0.2) is 0 Å². The Morgan fingerprint density at radius 1 is 1.53 bits per heavy atom. The monoisotopic (exact) mass is 290 g/mol. The lowest BCUT2D eigenvalue weighted by atomic mass is 9.95. The average molecular weight is 292 g/mol. The minimum absolute atomic E-state index is 0.0644. The molecule has 1 aromatic rings. The lowest BCUT2D eigenvalue weighted by Crippen LogP contribution is -2.27. The van der Waals surface area contributed by atoms with Crippen molar-refractivity contribution in [2.24, 2.45) is 5.41 Å². The molecule has 0 atom stereocenters. The van der Waals surface area contributed by atoms with Gasteiger partial charge in [-0.2, -0.15) is 0 Å². The lowest BCUT2D eigenvalue weighted by Gasteiger charge is -2.18. The standard InChI is InChI=1S/C10H12BrClN2O/c1-10(2,3)9(15)14-7-4-8(12)13-5-6(7)11/h4-5H,1-3H3,(H,13,14,15). The molecule has 1 amide bonds. The SMILES string of the molecule is CC(C)(C)C(=O)Nc1cc(Cl)ncc1Br. The van der Waals surface area contributed by atoms with Crippen molar-refractivity contribution in [3.63, 3.8) is 0 Å². The molecule has 0 spiro atoms. The summed E-state index contributed by atoms with van der Waals surface area (Å²) >= 11 is 9.02. The summed E-state index contributed by atoms with van der Waals surface area (Å²) in [5.74, 6) is -0.0644. The fraction of sp³-hybridized carbons (Fsp3) is 0.400. The van der Waals surface area contributed by atoms with E-state index in [1.165, 1.54) is 0 Å². The largest absolute Gasteiger partial charge is 0.324 e. The number of aromatic nitrogens is 1. The van der Waals surface area contributed by atoms with Gasteiger partial charge in [0, 0.05) is 17.7 Å². The van der Waals surface area contributed by atoms with Crippen LogP contribution in [0.3, 0.4) is 0 Å². The van der Waals surface area contributed by atoms with Crippen molar-refractivity contribution in [1.82, 2.24) is 4.98 Å². The maximum atomic E-state index is 11.7. The second-order valence-corrected chi connectivity index (χ2v) is 5.43. The van der Waals surface area contributed by atoms with Gasteiger partial charge >= 0.3 is 0 Å². The van der Waals surface area contributed by atoms with E-state index in [4.69, 9.17) is 11.6 Å². The van der Waals surface area contributed by atoms with Crippen LogP contribution in [0, 0.1) is 5.41 Å². The third-order valence-corrected chi connectivity index (χ3v) is 2.59. The van der Waals surface area contributed by atoms with Crippen LogP contribution < -0.4 is 5.32 Å². The summed E-state index contributed by atoms with van der Waals surface area (Å²) in [7, 11) is 0. The Morgan fingerprint density at radius 3 is 2.67 bits per heavy atom. The van der Waals surface area contributed by atoms with Gasteiger partial charge in [-0.1, -0.05) is 32.4 Å². The minimum atomic E-state index is -0.435. The Labute approximate surface area is 102 Å². The second kappa shape index (κ2) is 4.49. The molecule has 1 N–H and O–H groups in total. The van der Waals surface area contributed by atoms with Crippen LogP contribution >= 0.6 is 27.5 Å². The molecule has 5 heteroatoms. The van der Waals surface area contributed by atoms with Crippen LogP contribution in [0.15, 0.2) is 16.7 Å². The molecule has 1 aromatic heterocycles. The smallest absolute Gasteiger partial charge is 0.229 e. The van der Waals surface area contributed by atoms with Crippen molar-refractivity contribution in [2.75, 3.05) is 5.32 Å². The number of pyridine rings is 1. The van der Waals surface area contributed by atoms with Gasteiger partial charge in [0.2, 0.25) is 5.91 Å². The first-order valence-corrected chi connectivity index (χ1v) is 5.60. The summed E-state index contributed by atoms with van der Waals surface area (Å²) in [5.41, 5.74) is 0.199. The zero-order valence-corrected chi connectivity index (χ0v) is 11.1. The molecular formula is C10H12BrClN2O. The van der Waals surface area contributed by atoms with E-state index in [0.717, 1.165) is 0 Å². The predicted molar refractivity (Wildman–Crippen MR) is 65.0 cm³/mol. The third kappa shape index (κ3) is 3.47. The van der Waals surface area contributed by atoms with E-state index in [2.05, 4.69) is 26.2 Å². The Balaban J connectivity index is 2.90. The average Bonchev–Trinajstić information content (AvgIpc) is 2.09. The highest BCUT2D eigenvalue weighted by molar-refractivity contribution is 9.10. The number of carbonyl (C=O) groups is 1. The van der Waals surface area contributed by atoms with Crippen molar-refractivity contribution in [3.8, 4) is 0 Å². The van der Waals surface area contributed by atoms with Crippen LogP contribution in [-0.2, 0) is 4.79 Å². The van der Waals surface area contributed by atoms with E-state index in [1.54, 1.807) is 12.3 Å². The molecule has 15 heavy (non-hydrogen) atoms. The van der Waals surface area contributed by atoms with Crippen molar-refractivity contribution in [1.29, 1.82) is 0 Å². The fourth-order valence-electron chi connectivity index (χ4n) is 0.819. The molecule has 0 aliphatic carbocycles.